The standard InChI is InChI=1S/C16H26O3S/c1-4-14(3)10-9-11-15(5-2)19-20(17,18)16-12-7-6-8-13-16/h6-8,12-15H,4-5,9-11H2,1-3H3. The lowest BCUT2D eigenvalue weighted by atomic mass is 10.00. The van der Waals surface area contributed by atoms with Crippen LogP contribution in [-0.4, -0.2) is 14.5 Å². The van der Waals surface area contributed by atoms with E-state index in [1.54, 1.807) is 30.3 Å². The molecule has 0 radical (unpaired) electrons. The van der Waals surface area contributed by atoms with Gasteiger partial charge >= 0.3 is 0 Å². The van der Waals surface area contributed by atoms with Crippen molar-refractivity contribution < 1.29 is 12.6 Å². The van der Waals surface area contributed by atoms with E-state index in [2.05, 4.69) is 13.8 Å². The minimum absolute atomic E-state index is 0.218. The molecule has 3 nitrogen and oxygen atoms in total. The van der Waals surface area contributed by atoms with Gasteiger partial charge in [-0.2, -0.15) is 8.42 Å². The van der Waals surface area contributed by atoms with Crippen molar-refractivity contribution in [2.24, 2.45) is 5.92 Å². The highest BCUT2D eigenvalue weighted by atomic mass is 32.2. The maximum atomic E-state index is 12.1. The fraction of sp³-hybridized carbons (Fsp3) is 0.625. The molecular weight excluding hydrogens is 272 g/mol. The molecule has 0 N–H and O–H groups in total. The summed E-state index contributed by atoms with van der Waals surface area (Å²) < 4.78 is 29.6. The lowest BCUT2D eigenvalue weighted by molar-refractivity contribution is 0.188. The van der Waals surface area contributed by atoms with Crippen LogP contribution in [0, 0.1) is 5.92 Å². The first-order valence-corrected chi connectivity index (χ1v) is 8.88. The summed E-state index contributed by atoms with van der Waals surface area (Å²) in [5.74, 6) is 0.693. The van der Waals surface area contributed by atoms with Crippen LogP contribution in [0.5, 0.6) is 0 Å². The maximum Gasteiger partial charge on any atom is 0.297 e. The van der Waals surface area contributed by atoms with E-state index in [0.29, 0.717) is 12.3 Å². The second-order valence-corrected chi connectivity index (χ2v) is 6.91. The predicted molar refractivity (Wildman–Crippen MR) is 82.1 cm³/mol. The number of hydrogen-bond acceptors (Lipinski definition) is 3. The van der Waals surface area contributed by atoms with Crippen molar-refractivity contribution in [3.63, 3.8) is 0 Å². The molecule has 0 saturated carbocycles. The summed E-state index contributed by atoms with van der Waals surface area (Å²) in [5, 5.41) is 0. The molecule has 0 aliphatic rings. The van der Waals surface area contributed by atoms with Gasteiger partial charge < -0.3 is 0 Å². The van der Waals surface area contributed by atoms with Crippen LogP contribution in [0.3, 0.4) is 0 Å². The van der Waals surface area contributed by atoms with Crippen molar-refractivity contribution in [1.29, 1.82) is 0 Å². The Bertz CT molecular complexity index is 468. The van der Waals surface area contributed by atoms with E-state index in [0.717, 1.165) is 19.3 Å². The molecule has 0 aromatic heterocycles. The summed E-state index contributed by atoms with van der Waals surface area (Å²) in [4.78, 5) is 0.236. The van der Waals surface area contributed by atoms with Crippen LogP contribution in [0.15, 0.2) is 35.2 Å². The monoisotopic (exact) mass is 298 g/mol. The molecule has 0 fully saturated rings. The molecule has 1 aromatic rings. The molecule has 0 aliphatic heterocycles. The summed E-state index contributed by atoms with van der Waals surface area (Å²) in [6.45, 7) is 6.37. The first kappa shape index (κ1) is 17.2. The first-order chi connectivity index (χ1) is 9.49. The van der Waals surface area contributed by atoms with E-state index in [-0.39, 0.29) is 11.0 Å². The van der Waals surface area contributed by atoms with Gasteiger partial charge in [0, 0.05) is 0 Å². The minimum Gasteiger partial charge on any atom is -0.263 e. The average molecular weight is 298 g/mol. The Morgan fingerprint density at radius 3 is 2.25 bits per heavy atom. The average Bonchev–Trinajstić information content (AvgIpc) is 2.46. The van der Waals surface area contributed by atoms with Gasteiger partial charge in [-0.1, -0.05) is 58.2 Å². The van der Waals surface area contributed by atoms with E-state index < -0.39 is 10.1 Å². The van der Waals surface area contributed by atoms with Crippen molar-refractivity contribution in [2.75, 3.05) is 0 Å². The Kier molecular flexibility index (Phi) is 7.24. The van der Waals surface area contributed by atoms with Crippen LogP contribution < -0.4 is 0 Å². The van der Waals surface area contributed by atoms with Gasteiger partial charge in [0.25, 0.3) is 10.1 Å². The highest BCUT2D eigenvalue weighted by Gasteiger charge is 2.20. The molecular formula is C16H26O3S. The summed E-state index contributed by atoms with van der Waals surface area (Å²) >= 11 is 0. The molecule has 0 bridgehead atoms. The number of benzene rings is 1. The van der Waals surface area contributed by atoms with Crippen LogP contribution in [-0.2, 0) is 14.3 Å². The third-order valence-corrected chi connectivity index (χ3v) is 5.04. The van der Waals surface area contributed by atoms with E-state index in [4.69, 9.17) is 4.18 Å². The Morgan fingerprint density at radius 2 is 1.70 bits per heavy atom. The van der Waals surface area contributed by atoms with E-state index in [9.17, 15) is 8.42 Å². The van der Waals surface area contributed by atoms with Gasteiger partial charge in [-0.3, -0.25) is 4.18 Å². The summed E-state index contributed by atoms with van der Waals surface area (Å²) in [6.07, 6.45) is 4.60. The minimum atomic E-state index is -3.63. The number of rotatable bonds is 9. The first-order valence-electron chi connectivity index (χ1n) is 7.48. The Morgan fingerprint density at radius 1 is 1.05 bits per heavy atom. The lowest BCUT2D eigenvalue weighted by Gasteiger charge is -2.16. The van der Waals surface area contributed by atoms with Gasteiger partial charge in [0.15, 0.2) is 0 Å². The molecule has 0 amide bonds. The molecule has 1 rings (SSSR count). The van der Waals surface area contributed by atoms with Gasteiger partial charge in [-0.15, -0.1) is 0 Å². The molecule has 20 heavy (non-hydrogen) atoms. The van der Waals surface area contributed by atoms with Gasteiger partial charge in [0.2, 0.25) is 0 Å². The Hall–Kier alpha value is -0.870. The van der Waals surface area contributed by atoms with Gasteiger partial charge in [-0.05, 0) is 30.9 Å². The van der Waals surface area contributed by atoms with Crippen molar-refractivity contribution in [3.8, 4) is 0 Å². The summed E-state index contributed by atoms with van der Waals surface area (Å²) in [5.41, 5.74) is 0. The fourth-order valence-corrected chi connectivity index (χ4v) is 3.23. The van der Waals surface area contributed by atoms with Crippen molar-refractivity contribution in [3.05, 3.63) is 30.3 Å². The van der Waals surface area contributed by atoms with E-state index in [1.807, 2.05) is 6.92 Å². The number of hydrogen-bond donors (Lipinski definition) is 0. The molecule has 4 heteroatoms. The van der Waals surface area contributed by atoms with Gasteiger partial charge in [0.05, 0.1) is 11.0 Å². The molecule has 2 unspecified atom stereocenters. The Balaban J connectivity index is 2.55. The maximum absolute atomic E-state index is 12.1. The summed E-state index contributed by atoms with van der Waals surface area (Å²) in [7, 11) is -3.63. The van der Waals surface area contributed by atoms with Gasteiger partial charge in [0.1, 0.15) is 0 Å². The zero-order valence-corrected chi connectivity index (χ0v) is 13.5. The lowest BCUT2D eigenvalue weighted by Crippen LogP contribution is -2.18. The zero-order valence-electron chi connectivity index (χ0n) is 12.7. The molecule has 0 saturated heterocycles. The molecule has 0 heterocycles. The normalized spacial score (nSPS) is 14.9. The van der Waals surface area contributed by atoms with Gasteiger partial charge in [-0.25, -0.2) is 0 Å². The van der Waals surface area contributed by atoms with Crippen molar-refractivity contribution in [2.45, 2.75) is 63.9 Å². The largest absolute Gasteiger partial charge is 0.297 e. The molecule has 0 spiro atoms. The molecule has 0 aliphatic carbocycles. The van der Waals surface area contributed by atoms with Crippen molar-refractivity contribution >= 4 is 10.1 Å². The summed E-state index contributed by atoms with van der Waals surface area (Å²) in [6, 6.07) is 8.35. The molecule has 1 aromatic carbocycles. The van der Waals surface area contributed by atoms with E-state index >= 15 is 0 Å². The highest BCUT2D eigenvalue weighted by Crippen LogP contribution is 2.20. The SMILES string of the molecule is CCC(C)CCCC(CC)OS(=O)(=O)c1ccccc1. The van der Waals surface area contributed by atoms with Crippen LogP contribution in [0.4, 0.5) is 0 Å². The van der Waals surface area contributed by atoms with E-state index in [1.165, 1.54) is 6.42 Å². The molecule has 114 valence electrons. The zero-order chi connectivity index (χ0) is 15.0. The Labute approximate surface area is 123 Å². The third kappa shape index (κ3) is 5.63. The predicted octanol–water partition coefficient (Wildman–Crippen LogP) is 4.39. The smallest absolute Gasteiger partial charge is 0.263 e. The fourth-order valence-electron chi connectivity index (χ4n) is 2.04. The second kappa shape index (κ2) is 8.42. The van der Waals surface area contributed by atoms with Crippen LogP contribution in [0.1, 0.15) is 52.9 Å². The van der Waals surface area contributed by atoms with Crippen LogP contribution in [0.25, 0.3) is 0 Å². The highest BCUT2D eigenvalue weighted by molar-refractivity contribution is 7.86. The third-order valence-electron chi connectivity index (χ3n) is 3.67. The molecule has 2 atom stereocenters. The topological polar surface area (TPSA) is 43.4 Å². The van der Waals surface area contributed by atoms with Crippen LogP contribution in [0.2, 0.25) is 0 Å². The second-order valence-electron chi connectivity index (χ2n) is 5.34. The van der Waals surface area contributed by atoms with Crippen molar-refractivity contribution in [1.82, 2.24) is 0 Å². The quantitative estimate of drug-likeness (QED) is 0.635. The van der Waals surface area contributed by atoms with Crippen LogP contribution >= 0.6 is 0 Å².